The van der Waals surface area contributed by atoms with Crippen molar-refractivity contribution in [1.29, 1.82) is 5.26 Å². The molecular weight excluding hydrogens is 294 g/mol. The Bertz CT molecular complexity index is 734. The predicted molar refractivity (Wildman–Crippen MR) is 85.9 cm³/mol. The lowest BCUT2D eigenvalue weighted by atomic mass is 9.95. The van der Waals surface area contributed by atoms with Gasteiger partial charge in [-0.25, -0.2) is 0 Å². The molecule has 0 saturated heterocycles. The number of benzene rings is 1. The minimum absolute atomic E-state index is 0.0537. The van der Waals surface area contributed by atoms with Gasteiger partial charge >= 0.3 is 0 Å². The van der Waals surface area contributed by atoms with Crippen LogP contribution in [0.2, 0.25) is 0 Å². The van der Waals surface area contributed by atoms with Gasteiger partial charge in [0.2, 0.25) is 11.7 Å². The number of aromatic nitrogens is 4. The summed E-state index contributed by atoms with van der Waals surface area (Å²) >= 11 is 0. The number of nitrogens with zero attached hydrogens (tertiary/aromatic N) is 4. The monoisotopic (exact) mass is 311 g/mol. The Morgan fingerprint density at radius 3 is 2.43 bits per heavy atom. The first-order valence-corrected chi connectivity index (χ1v) is 6.92. The summed E-state index contributed by atoms with van der Waals surface area (Å²) in [6.45, 7) is 5.55. The number of nitriles is 1. The van der Waals surface area contributed by atoms with Gasteiger partial charge in [0.15, 0.2) is 0 Å². The molecule has 0 saturated carbocycles. The summed E-state index contributed by atoms with van der Waals surface area (Å²) in [5.41, 5.74) is 1.27. The highest BCUT2D eigenvalue weighted by Gasteiger charge is 2.20. The van der Waals surface area contributed by atoms with Crippen LogP contribution in [0.1, 0.15) is 26.6 Å². The molecule has 3 N–H and O–H groups in total. The van der Waals surface area contributed by atoms with Gasteiger partial charge in [0, 0.05) is 23.0 Å². The van der Waals surface area contributed by atoms with Gasteiger partial charge < -0.3 is 10.6 Å². The van der Waals surface area contributed by atoms with Crippen LogP contribution in [-0.4, -0.2) is 26.5 Å². The predicted octanol–water partition coefficient (Wildman–Crippen LogP) is 2.16. The molecule has 2 rings (SSSR count). The number of aromatic amines is 1. The number of hydrogen-bond donors (Lipinski definition) is 3. The van der Waals surface area contributed by atoms with E-state index in [0.717, 1.165) is 5.69 Å². The molecule has 0 spiro atoms. The minimum atomic E-state index is -0.452. The van der Waals surface area contributed by atoms with Gasteiger partial charge in [-0.15, -0.1) is 10.2 Å². The van der Waals surface area contributed by atoms with Gasteiger partial charge in [-0.1, -0.05) is 20.8 Å². The maximum absolute atomic E-state index is 11.9. The van der Waals surface area contributed by atoms with Crippen LogP contribution >= 0.6 is 0 Å². The van der Waals surface area contributed by atoms with Crippen LogP contribution in [0.25, 0.3) is 5.57 Å². The molecule has 0 atom stereocenters. The molecule has 1 aromatic heterocycles. The quantitative estimate of drug-likeness (QED) is 0.744. The van der Waals surface area contributed by atoms with Crippen molar-refractivity contribution in [2.24, 2.45) is 5.41 Å². The number of carbonyl (C=O) groups is 1. The summed E-state index contributed by atoms with van der Waals surface area (Å²) in [5.74, 6) is 0.163. The third-order valence-electron chi connectivity index (χ3n) is 2.91. The van der Waals surface area contributed by atoms with E-state index < -0.39 is 5.41 Å². The van der Waals surface area contributed by atoms with E-state index in [1.54, 1.807) is 24.3 Å². The smallest absolute Gasteiger partial charge is 0.229 e. The molecular formula is C15H17N7O. The molecule has 0 aliphatic carbocycles. The van der Waals surface area contributed by atoms with Crippen molar-refractivity contribution in [2.45, 2.75) is 20.8 Å². The van der Waals surface area contributed by atoms with E-state index in [0.29, 0.717) is 5.69 Å². The summed E-state index contributed by atoms with van der Waals surface area (Å²) in [5, 5.41) is 28.1. The first-order chi connectivity index (χ1) is 10.9. The SMILES string of the molecule is CC(C)(C)C(=O)Nc1ccc(NC=C(C#N)c2nn[nH]n2)cc1. The lowest BCUT2D eigenvalue weighted by molar-refractivity contribution is -0.123. The van der Waals surface area contributed by atoms with Crippen molar-refractivity contribution < 1.29 is 4.79 Å². The number of nitrogens with one attached hydrogen (secondary N) is 3. The van der Waals surface area contributed by atoms with Crippen molar-refractivity contribution in [3.63, 3.8) is 0 Å². The normalized spacial score (nSPS) is 11.7. The minimum Gasteiger partial charge on any atom is -0.360 e. The van der Waals surface area contributed by atoms with Gasteiger partial charge in [0.1, 0.15) is 11.6 Å². The largest absolute Gasteiger partial charge is 0.360 e. The van der Waals surface area contributed by atoms with Gasteiger partial charge in [-0.2, -0.15) is 10.5 Å². The van der Waals surface area contributed by atoms with Crippen LogP contribution in [0.4, 0.5) is 11.4 Å². The Hall–Kier alpha value is -3.21. The molecule has 1 aromatic carbocycles. The summed E-state index contributed by atoms with van der Waals surface area (Å²) in [6, 6.07) is 9.12. The van der Waals surface area contributed by atoms with Crippen LogP contribution in [0.5, 0.6) is 0 Å². The van der Waals surface area contributed by atoms with Crippen LogP contribution in [0.15, 0.2) is 30.5 Å². The lowest BCUT2D eigenvalue weighted by Crippen LogP contribution is -2.27. The number of tetrazole rings is 1. The average Bonchev–Trinajstić information content (AvgIpc) is 3.03. The lowest BCUT2D eigenvalue weighted by Gasteiger charge is -2.17. The first-order valence-electron chi connectivity index (χ1n) is 6.92. The van der Waals surface area contributed by atoms with Crippen LogP contribution in [0, 0.1) is 16.7 Å². The molecule has 23 heavy (non-hydrogen) atoms. The highest BCUT2D eigenvalue weighted by Crippen LogP contribution is 2.19. The van der Waals surface area contributed by atoms with Gasteiger partial charge in [0.05, 0.1) is 0 Å². The molecule has 2 aromatic rings. The number of anilines is 2. The van der Waals surface area contributed by atoms with Crippen molar-refractivity contribution >= 4 is 22.9 Å². The second-order valence-corrected chi connectivity index (χ2v) is 5.83. The highest BCUT2D eigenvalue weighted by atomic mass is 16.2. The summed E-state index contributed by atoms with van der Waals surface area (Å²) in [7, 11) is 0. The van der Waals surface area contributed by atoms with E-state index >= 15 is 0 Å². The molecule has 8 heteroatoms. The standard InChI is InChI=1S/C15H17N7O/c1-15(2,3)14(23)18-12-6-4-11(5-7-12)17-9-10(8-16)13-19-21-22-20-13/h4-7,9,17H,1-3H3,(H,18,23)(H,19,20,21,22). The van der Waals surface area contributed by atoms with Crippen molar-refractivity contribution in [2.75, 3.05) is 10.6 Å². The number of hydrogen-bond acceptors (Lipinski definition) is 6. The first kappa shape index (κ1) is 16.2. The molecule has 118 valence electrons. The third-order valence-corrected chi connectivity index (χ3v) is 2.91. The topological polar surface area (TPSA) is 119 Å². The Morgan fingerprint density at radius 1 is 1.26 bits per heavy atom. The van der Waals surface area contributed by atoms with E-state index in [4.69, 9.17) is 5.26 Å². The fraction of sp³-hybridized carbons (Fsp3) is 0.267. The summed E-state index contributed by atoms with van der Waals surface area (Å²) < 4.78 is 0. The molecule has 0 fully saturated rings. The number of rotatable bonds is 4. The zero-order valence-corrected chi connectivity index (χ0v) is 13.1. The van der Waals surface area contributed by atoms with Crippen LogP contribution in [0.3, 0.4) is 0 Å². The molecule has 0 radical (unpaired) electrons. The third kappa shape index (κ3) is 4.38. The van der Waals surface area contributed by atoms with Gasteiger partial charge in [0.25, 0.3) is 0 Å². The van der Waals surface area contributed by atoms with Gasteiger partial charge in [-0.3, -0.25) is 4.79 Å². The van der Waals surface area contributed by atoms with Crippen molar-refractivity contribution in [3.05, 3.63) is 36.3 Å². The van der Waals surface area contributed by atoms with E-state index in [9.17, 15) is 4.79 Å². The Balaban J connectivity index is 2.03. The fourth-order valence-electron chi connectivity index (χ4n) is 1.55. The Kier molecular flexibility index (Phi) is 4.71. The van der Waals surface area contributed by atoms with Crippen molar-refractivity contribution in [1.82, 2.24) is 20.6 Å². The van der Waals surface area contributed by atoms with E-state index in [1.807, 2.05) is 26.8 Å². The second kappa shape index (κ2) is 6.70. The molecule has 0 aliphatic heterocycles. The highest BCUT2D eigenvalue weighted by molar-refractivity contribution is 5.94. The molecule has 0 unspecified atom stereocenters. The number of H-pyrrole nitrogens is 1. The van der Waals surface area contributed by atoms with E-state index in [1.165, 1.54) is 6.20 Å². The summed E-state index contributed by atoms with van der Waals surface area (Å²) in [6.07, 6.45) is 1.49. The fourth-order valence-corrected chi connectivity index (χ4v) is 1.55. The molecule has 1 amide bonds. The van der Waals surface area contributed by atoms with Crippen LogP contribution in [-0.2, 0) is 4.79 Å². The summed E-state index contributed by atoms with van der Waals surface area (Å²) in [4.78, 5) is 11.9. The number of allylic oxidation sites excluding steroid dienone is 1. The van der Waals surface area contributed by atoms with Gasteiger partial charge in [-0.05, 0) is 29.5 Å². The van der Waals surface area contributed by atoms with E-state index in [-0.39, 0.29) is 17.3 Å². The van der Waals surface area contributed by atoms with E-state index in [2.05, 4.69) is 31.3 Å². The Morgan fingerprint density at radius 2 is 1.91 bits per heavy atom. The zero-order chi connectivity index (χ0) is 16.9. The van der Waals surface area contributed by atoms with Crippen LogP contribution < -0.4 is 10.6 Å². The maximum Gasteiger partial charge on any atom is 0.229 e. The molecule has 8 nitrogen and oxygen atoms in total. The number of amides is 1. The Labute approximate surface area is 133 Å². The molecule has 1 heterocycles. The maximum atomic E-state index is 11.9. The number of carbonyl (C=O) groups excluding carboxylic acids is 1. The average molecular weight is 311 g/mol. The van der Waals surface area contributed by atoms with Crippen molar-refractivity contribution in [3.8, 4) is 6.07 Å². The second-order valence-electron chi connectivity index (χ2n) is 5.83. The molecule has 0 bridgehead atoms. The molecule has 0 aliphatic rings. The zero-order valence-electron chi connectivity index (χ0n) is 13.1.